The van der Waals surface area contributed by atoms with Gasteiger partial charge in [-0.1, -0.05) is 6.92 Å². The van der Waals surface area contributed by atoms with Gasteiger partial charge in [0.05, 0.1) is 21.2 Å². The molecule has 1 aromatic carbocycles. The minimum absolute atomic E-state index is 0.102. The van der Waals surface area contributed by atoms with E-state index in [0.717, 1.165) is 23.5 Å². The number of hydrogen-bond donors (Lipinski definition) is 1. The highest BCUT2D eigenvalue weighted by molar-refractivity contribution is 7.89. The Morgan fingerprint density at radius 2 is 1.88 bits per heavy atom. The molecule has 0 spiro atoms. The molecular weight excluding hydrogens is 372 g/mol. The van der Waals surface area contributed by atoms with Crippen molar-refractivity contribution in [1.82, 2.24) is 9.71 Å². The average molecular weight is 397 g/mol. The monoisotopic (exact) mass is 396 g/mol. The van der Waals surface area contributed by atoms with E-state index in [1.165, 1.54) is 24.3 Å². The lowest BCUT2D eigenvalue weighted by molar-refractivity contribution is 0.0468. The van der Waals surface area contributed by atoms with Crippen molar-refractivity contribution >= 4 is 27.3 Å². The molecule has 0 bridgehead atoms. The highest BCUT2D eigenvalue weighted by Crippen LogP contribution is 2.16. The molecule has 0 unspecified atom stereocenters. The molecule has 0 aliphatic carbocycles. The summed E-state index contributed by atoms with van der Waals surface area (Å²) in [6, 6.07) is 5.69. The molecule has 0 saturated carbocycles. The Balaban J connectivity index is 1.99. The van der Waals surface area contributed by atoms with Gasteiger partial charge in [-0.25, -0.2) is 22.9 Å². The Hall–Kier alpha value is -1.77. The molecule has 142 valence electrons. The maximum Gasteiger partial charge on any atom is 0.338 e. The SMILES string of the molecule is CCCc1nc(COC(=O)c2ccc(S(=O)(=O)NC(C)(C)C)cc2)cs1. The van der Waals surface area contributed by atoms with Gasteiger partial charge in [-0.15, -0.1) is 11.3 Å². The molecule has 1 heterocycles. The number of carbonyl (C=O) groups excluding carboxylic acids is 1. The molecule has 0 aliphatic rings. The lowest BCUT2D eigenvalue weighted by Gasteiger charge is -2.20. The Kier molecular flexibility index (Phi) is 6.54. The summed E-state index contributed by atoms with van der Waals surface area (Å²) < 4.78 is 32.3. The minimum atomic E-state index is -3.63. The first-order valence-electron chi connectivity index (χ1n) is 8.35. The zero-order valence-corrected chi connectivity index (χ0v) is 17.0. The van der Waals surface area contributed by atoms with E-state index in [1.54, 1.807) is 32.1 Å². The van der Waals surface area contributed by atoms with Crippen LogP contribution in [0.3, 0.4) is 0 Å². The highest BCUT2D eigenvalue weighted by Gasteiger charge is 2.22. The van der Waals surface area contributed by atoms with Crippen LogP contribution < -0.4 is 4.72 Å². The first-order valence-corrected chi connectivity index (χ1v) is 10.7. The van der Waals surface area contributed by atoms with Crippen LogP contribution in [0.25, 0.3) is 0 Å². The van der Waals surface area contributed by atoms with E-state index in [1.807, 2.05) is 5.38 Å². The van der Waals surface area contributed by atoms with Gasteiger partial charge in [0.1, 0.15) is 6.61 Å². The number of rotatable bonds is 7. The second-order valence-electron chi connectivity index (χ2n) is 6.94. The Morgan fingerprint density at radius 3 is 2.46 bits per heavy atom. The van der Waals surface area contributed by atoms with Crippen molar-refractivity contribution in [2.24, 2.45) is 0 Å². The van der Waals surface area contributed by atoms with E-state index in [4.69, 9.17) is 4.74 Å². The number of benzene rings is 1. The Labute approximate surface area is 158 Å². The third-order valence-electron chi connectivity index (χ3n) is 3.26. The predicted molar refractivity (Wildman–Crippen MR) is 102 cm³/mol. The normalized spacial score (nSPS) is 12.2. The van der Waals surface area contributed by atoms with Crippen LogP contribution in [0.4, 0.5) is 0 Å². The van der Waals surface area contributed by atoms with Gasteiger partial charge in [-0.3, -0.25) is 0 Å². The second kappa shape index (κ2) is 8.28. The molecule has 0 saturated heterocycles. The molecule has 8 heteroatoms. The molecule has 0 amide bonds. The van der Waals surface area contributed by atoms with Gasteiger partial charge in [0.2, 0.25) is 10.0 Å². The quantitative estimate of drug-likeness (QED) is 0.724. The summed E-state index contributed by atoms with van der Waals surface area (Å²) in [5, 5.41) is 2.91. The van der Waals surface area contributed by atoms with E-state index in [-0.39, 0.29) is 11.5 Å². The fourth-order valence-electron chi connectivity index (χ4n) is 2.20. The molecule has 0 aliphatic heterocycles. The van der Waals surface area contributed by atoms with Crippen molar-refractivity contribution in [3.05, 3.63) is 45.9 Å². The van der Waals surface area contributed by atoms with Crippen molar-refractivity contribution in [1.29, 1.82) is 0 Å². The number of nitrogens with one attached hydrogen (secondary N) is 1. The van der Waals surface area contributed by atoms with Gasteiger partial charge in [0, 0.05) is 10.9 Å². The van der Waals surface area contributed by atoms with Crippen molar-refractivity contribution in [2.75, 3.05) is 0 Å². The first-order chi connectivity index (χ1) is 12.1. The molecule has 26 heavy (non-hydrogen) atoms. The van der Waals surface area contributed by atoms with E-state index in [0.29, 0.717) is 5.56 Å². The predicted octanol–water partition coefficient (Wildman–Crippen LogP) is 3.53. The molecule has 2 rings (SSSR count). The lowest BCUT2D eigenvalue weighted by Crippen LogP contribution is -2.40. The number of esters is 1. The van der Waals surface area contributed by atoms with Crippen LogP contribution >= 0.6 is 11.3 Å². The van der Waals surface area contributed by atoms with Crippen molar-refractivity contribution in [3.63, 3.8) is 0 Å². The van der Waals surface area contributed by atoms with Crippen molar-refractivity contribution in [3.8, 4) is 0 Å². The number of ether oxygens (including phenoxy) is 1. The van der Waals surface area contributed by atoms with Gasteiger partial charge in [-0.05, 0) is 57.9 Å². The minimum Gasteiger partial charge on any atom is -0.456 e. The second-order valence-corrected chi connectivity index (χ2v) is 9.56. The molecule has 1 N–H and O–H groups in total. The maximum atomic E-state index is 12.3. The van der Waals surface area contributed by atoms with Crippen LogP contribution in [0, 0.1) is 0 Å². The molecule has 0 atom stereocenters. The highest BCUT2D eigenvalue weighted by atomic mass is 32.2. The fourth-order valence-corrected chi connectivity index (χ4v) is 4.50. The van der Waals surface area contributed by atoms with Crippen LogP contribution in [0.5, 0.6) is 0 Å². The van der Waals surface area contributed by atoms with Gasteiger partial charge in [-0.2, -0.15) is 0 Å². The number of sulfonamides is 1. The van der Waals surface area contributed by atoms with Crippen LogP contribution in [-0.2, 0) is 27.8 Å². The largest absolute Gasteiger partial charge is 0.456 e. The topological polar surface area (TPSA) is 85.4 Å². The fraction of sp³-hybridized carbons (Fsp3) is 0.444. The number of aryl methyl sites for hydroxylation is 1. The van der Waals surface area contributed by atoms with Crippen LogP contribution in [0.2, 0.25) is 0 Å². The number of thiazole rings is 1. The maximum absolute atomic E-state index is 12.3. The molecule has 0 fully saturated rings. The summed E-state index contributed by atoms with van der Waals surface area (Å²) in [6.07, 6.45) is 1.93. The van der Waals surface area contributed by atoms with Crippen molar-refractivity contribution < 1.29 is 17.9 Å². The number of aromatic nitrogens is 1. The Bertz CT molecular complexity index is 850. The van der Waals surface area contributed by atoms with Crippen LogP contribution in [-0.4, -0.2) is 24.9 Å². The lowest BCUT2D eigenvalue weighted by atomic mass is 10.1. The summed E-state index contributed by atoms with van der Waals surface area (Å²) in [6.45, 7) is 7.48. The number of hydrogen-bond acceptors (Lipinski definition) is 6. The summed E-state index contributed by atoms with van der Waals surface area (Å²) in [5.41, 5.74) is 0.435. The van der Waals surface area contributed by atoms with Gasteiger partial charge < -0.3 is 4.74 Å². The van der Waals surface area contributed by atoms with E-state index in [2.05, 4.69) is 16.6 Å². The average Bonchev–Trinajstić information content (AvgIpc) is 2.98. The molecule has 2 aromatic rings. The van der Waals surface area contributed by atoms with Gasteiger partial charge >= 0.3 is 5.97 Å². The summed E-state index contributed by atoms with van der Waals surface area (Å²) in [5.74, 6) is -0.511. The third kappa shape index (κ3) is 5.89. The zero-order chi connectivity index (χ0) is 19.4. The standard InChI is InChI=1S/C18H24N2O4S2/c1-5-6-16-19-14(12-25-16)11-24-17(21)13-7-9-15(10-8-13)26(22,23)20-18(2,3)4/h7-10,12,20H,5-6,11H2,1-4H3. The van der Waals surface area contributed by atoms with Gasteiger partial charge in [0.15, 0.2) is 0 Å². The van der Waals surface area contributed by atoms with Crippen molar-refractivity contribution in [2.45, 2.75) is 57.6 Å². The third-order valence-corrected chi connectivity index (χ3v) is 5.99. The molecule has 1 aromatic heterocycles. The summed E-state index contributed by atoms with van der Waals surface area (Å²) in [4.78, 5) is 16.6. The number of carbonyl (C=O) groups is 1. The summed E-state index contributed by atoms with van der Waals surface area (Å²) >= 11 is 1.55. The summed E-state index contributed by atoms with van der Waals surface area (Å²) in [7, 11) is -3.63. The molecular formula is C18H24N2O4S2. The Morgan fingerprint density at radius 1 is 1.23 bits per heavy atom. The smallest absolute Gasteiger partial charge is 0.338 e. The molecule has 0 radical (unpaired) electrons. The number of nitrogens with zero attached hydrogens (tertiary/aromatic N) is 1. The zero-order valence-electron chi connectivity index (χ0n) is 15.4. The van der Waals surface area contributed by atoms with Crippen LogP contribution in [0.15, 0.2) is 34.5 Å². The molecule has 6 nitrogen and oxygen atoms in total. The first kappa shape index (κ1) is 20.5. The van der Waals surface area contributed by atoms with E-state index >= 15 is 0 Å². The van der Waals surface area contributed by atoms with E-state index < -0.39 is 21.5 Å². The van der Waals surface area contributed by atoms with Gasteiger partial charge in [0.25, 0.3) is 0 Å². The van der Waals surface area contributed by atoms with Crippen LogP contribution in [0.1, 0.15) is 55.2 Å². The van der Waals surface area contributed by atoms with E-state index in [9.17, 15) is 13.2 Å².